The molecule has 5 N–H and O–H groups in total. The predicted molar refractivity (Wildman–Crippen MR) is 111 cm³/mol. The number of aromatic nitrogens is 2. The van der Waals surface area contributed by atoms with E-state index in [1.807, 2.05) is 14.1 Å². The van der Waals surface area contributed by atoms with Gasteiger partial charge in [0.25, 0.3) is 0 Å². The van der Waals surface area contributed by atoms with Gasteiger partial charge in [-0.15, -0.1) is 0 Å². The summed E-state index contributed by atoms with van der Waals surface area (Å²) in [6.07, 6.45) is 9.73. The van der Waals surface area contributed by atoms with Crippen LogP contribution in [0.3, 0.4) is 0 Å². The molecule has 8 heteroatoms. The number of carbonyl (C=O) groups excluding carboxylic acids is 1. The average Bonchev–Trinajstić information content (AvgIpc) is 2.88. The van der Waals surface area contributed by atoms with Crippen molar-refractivity contribution in [3.8, 4) is 0 Å². The SMILES string of the molecule is CN(C)C(=O)C1CCC(Nc2ncc(N)c(N[C@@H]3CCCC[C@H](O)C3)n2)CC1. The Morgan fingerprint density at radius 3 is 2.54 bits per heavy atom. The third kappa shape index (κ3) is 5.47. The van der Waals surface area contributed by atoms with Crippen LogP contribution in [-0.4, -0.2) is 58.2 Å². The Hall–Kier alpha value is -2.09. The van der Waals surface area contributed by atoms with Crippen LogP contribution in [0.4, 0.5) is 17.5 Å². The molecular formula is C20H34N6O2. The lowest BCUT2D eigenvalue weighted by molar-refractivity contribution is -0.133. The minimum atomic E-state index is -0.263. The third-order valence-electron chi connectivity index (χ3n) is 5.90. The van der Waals surface area contributed by atoms with Crippen LogP contribution in [0.1, 0.15) is 57.8 Å². The summed E-state index contributed by atoms with van der Waals surface area (Å²) in [4.78, 5) is 22.7. The van der Waals surface area contributed by atoms with Gasteiger partial charge in [-0.05, 0) is 44.9 Å². The van der Waals surface area contributed by atoms with E-state index in [1.54, 1.807) is 11.1 Å². The molecule has 28 heavy (non-hydrogen) atoms. The Labute approximate surface area is 167 Å². The first kappa shape index (κ1) is 20.6. The molecule has 0 unspecified atom stereocenters. The van der Waals surface area contributed by atoms with E-state index in [0.29, 0.717) is 17.5 Å². The summed E-state index contributed by atoms with van der Waals surface area (Å²) in [6.45, 7) is 0. The predicted octanol–water partition coefficient (Wildman–Crippen LogP) is 2.22. The van der Waals surface area contributed by atoms with Crippen molar-refractivity contribution in [1.82, 2.24) is 14.9 Å². The van der Waals surface area contributed by atoms with Crippen molar-refractivity contribution < 1.29 is 9.90 Å². The molecule has 2 fully saturated rings. The first-order chi connectivity index (χ1) is 13.4. The molecule has 0 spiro atoms. The summed E-state index contributed by atoms with van der Waals surface area (Å²) < 4.78 is 0. The zero-order valence-electron chi connectivity index (χ0n) is 17.0. The number of nitrogens with two attached hydrogens (primary N) is 1. The Morgan fingerprint density at radius 1 is 1.11 bits per heavy atom. The van der Waals surface area contributed by atoms with Gasteiger partial charge in [0, 0.05) is 32.1 Å². The Bertz CT molecular complexity index is 660. The molecule has 0 radical (unpaired) electrons. The zero-order chi connectivity index (χ0) is 20.1. The van der Waals surface area contributed by atoms with E-state index in [2.05, 4.69) is 20.6 Å². The third-order valence-corrected chi connectivity index (χ3v) is 5.90. The fourth-order valence-electron chi connectivity index (χ4n) is 4.27. The Kier molecular flexibility index (Phi) is 6.93. The van der Waals surface area contributed by atoms with Crippen LogP contribution >= 0.6 is 0 Å². The molecule has 0 bridgehead atoms. The number of hydrogen-bond donors (Lipinski definition) is 4. The maximum atomic E-state index is 12.1. The van der Waals surface area contributed by atoms with E-state index in [1.165, 1.54) is 0 Å². The molecule has 8 nitrogen and oxygen atoms in total. The van der Waals surface area contributed by atoms with Gasteiger partial charge >= 0.3 is 0 Å². The van der Waals surface area contributed by atoms with Gasteiger partial charge in [0.1, 0.15) is 0 Å². The largest absolute Gasteiger partial charge is 0.394 e. The van der Waals surface area contributed by atoms with Gasteiger partial charge in [0.2, 0.25) is 11.9 Å². The number of carbonyl (C=O) groups is 1. The van der Waals surface area contributed by atoms with Gasteiger partial charge in [-0.3, -0.25) is 4.79 Å². The molecule has 156 valence electrons. The summed E-state index contributed by atoms with van der Waals surface area (Å²) in [5.41, 5.74) is 6.59. The van der Waals surface area contributed by atoms with E-state index in [-0.39, 0.29) is 30.0 Å². The van der Waals surface area contributed by atoms with E-state index in [0.717, 1.165) is 57.8 Å². The van der Waals surface area contributed by atoms with Gasteiger partial charge in [0.15, 0.2) is 5.82 Å². The van der Waals surface area contributed by atoms with Crippen molar-refractivity contribution in [1.29, 1.82) is 0 Å². The van der Waals surface area contributed by atoms with Gasteiger partial charge in [-0.2, -0.15) is 4.98 Å². The summed E-state index contributed by atoms with van der Waals surface area (Å²) in [6, 6.07) is 0.442. The fourth-order valence-corrected chi connectivity index (χ4v) is 4.27. The number of hydrogen-bond acceptors (Lipinski definition) is 7. The second kappa shape index (κ2) is 9.41. The van der Waals surface area contributed by atoms with Crippen molar-refractivity contribution in [3.05, 3.63) is 6.20 Å². The van der Waals surface area contributed by atoms with Crippen molar-refractivity contribution in [2.24, 2.45) is 5.92 Å². The number of nitrogen functional groups attached to an aromatic ring is 1. The fraction of sp³-hybridized carbons (Fsp3) is 0.750. The van der Waals surface area contributed by atoms with Crippen LogP contribution in [0.25, 0.3) is 0 Å². The maximum Gasteiger partial charge on any atom is 0.225 e. The Balaban J connectivity index is 1.57. The first-order valence-electron chi connectivity index (χ1n) is 10.5. The van der Waals surface area contributed by atoms with Crippen molar-refractivity contribution in [3.63, 3.8) is 0 Å². The van der Waals surface area contributed by atoms with E-state index in [4.69, 9.17) is 5.73 Å². The molecule has 1 amide bonds. The van der Waals surface area contributed by atoms with Crippen LogP contribution < -0.4 is 16.4 Å². The van der Waals surface area contributed by atoms with Crippen molar-refractivity contribution in [2.75, 3.05) is 30.5 Å². The highest BCUT2D eigenvalue weighted by molar-refractivity contribution is 5.78. The number of rotatable bonds is 5. The van der Waals surface area contributed by atoms with Crippen molar-refractivity contribution >= 4 is 23.4 Å². The molecule has 2 saturated carbocycles. The topological polar surface area (TPSA) is 116 Å². The maximum absolute atomic E-state index is 12.1. The molecule has 0 saturated heterocycles. The molecule has 1 heterocycles. The highest BCUT2D eigenvalue weighted by Crippen LogP contribution is 2.28. The number of anilines is 3. The van der Waals surface area contributed by atoms with Crippen LogP contribution in [0.15, 0.2) is 6.20 Å². The van der Waals surface area contributed by atoms with Gasteiger partial charge in [-0.25, -0.2) is 4.98 Å². The summed E-state index contributed by atoms with van der Waals surface area (Å²) in [5.74, 6) is 1.54. The summed E-state index contributed by atoms with van der Waals surface area (Å²) in [7, 11) is 3.63. The number of aliphatic hydroxyl groups excluding tert-OH is 1. The second-order valence-corrected chi connectivity index (χ2v) is 8.44. The van der Waals surface area contributed by atoms with Crippen LogP contribution in [0.2, 0.25) is 0 Å². The molecular weight excluding hydrogens is 356 g/mol. The van der Waals surface area contributed by atoms with E-state index < -0.39 is 0 Å². The van der Waals surface area contributed by atoms with E-state index in [9.17, 15) is 9.90 Å². The molecule has 1 aromatic heterocycles. The minimum Gasteiger partial charge on any atom is -0.394 e. The summed E-state index contributed by atoms with van der Waals surface area (Å²) >= 11 is 0. The number of nitrogens with zero attached hydrogens (tertiary/aromatic N) is 3. The molecule has 2 aliphatic carbocycles. The van der Waals surface area contributed by atoms with E-state index >= 15 is 0 Å². The van der Waals surface area contributed by atoms with Crippen molar-refractivity contribution in [2.45, 2.75) is 76.0 Å². The number of aliphatic hydroxyl groups is 1. The second-order valence-electron chi connectivity index (χ2n) is 8.44. The Morgan fingerprint density at radius 2 is 1.82 bits per heavy atom. The molecule has 2 aliphatic rings. The zero-order valence-corrected chi connectivity index (χ0v) is 17.0. The monoisotopic (exact) mass is 390 g/mol. The lowest BCUT2D eigenvalue weighted by Gasteiger charge is -2.30. The molecule has 3 rings (SSSR count). The van der Waals surface area contributed by atoms with Gasteiger partial charge < -0.3 is 26.4 Å². The number of amides is 1. The van der Waals surface area contributed by atoms with Crippen LogP contribution in [-0.2, 0) is 4.79 Å². The average molecular weight is 391 g/mol. The lowest BCUT2D eigenvalue weighted by atomic mass is 9.85. The smallest absolute Gasteiger partial charge is 0.225 e. The lowest BCUT2D eigenvalue weighted by Crippen LogP contribution is -2.35. The highest BCUT2D eigenvalue weighted by atomic mass is 16.3. The van der Waals surface area contributed by atoms with Crippen LogP contribution in [0.5, 0.6) is 0 Å². The number of nitrogens with one attached hydrogen (secondary N) is 2. The normalized spacial score (nSPS) is 28.2. The minimum absolute atomic E-state index is 0.124. The van der Waals surface area contributed by atoms with Gasteiger partial charge in [0.05, 0.1) is 18.0 Å². The molecule has 0 aromatic carbocycles. The molecule has 1 aromatic rings. The highest BCUT2D eigenvalue weighted by Gasteiger charge is 2.27. The first-order valence-corrected chi connectivity index (χ1v) is 10.5. The standard InChI is InChI=1S/C20H34N6O2/c1-26(2)19(28)13-7-9-14(10-8-13)24-20-22-12-17(21)18(25-20)23-15-5-3-4-6-16(27)11-15/h12-16,27H,3-11,21H2,1-2H3,(H2,22,23,24,25)/t13?,14?,15-,16+/m1/s1. The molecule has 0 aliphatic heterocycles. The quantitative estimate of drug-likeness (QED) is 0.570. The summed E-state index contributed by atoms with van der Waals surface area (Å²) in [5, 5.41) is 16.8. The molecule has 2 atom stereocenters. The van der Waals surface area contributed by atoms with Crippen LogP contribution in [0, 0.1) is 5.92 Å². The van der Waals surface area contributed by atoms with Gasteiger partial charge in [-0.1, -0.05) is 12.8 Å².